The first-order valence-corrected chi connectivity index (χ1v) is 6.48. The monoisotopic (exact) mass is 276 g/mol. The lowest BCUT2D eigenvalue weighted by Crippen LogP contribution is -2.28. The number of likely N-dealkylation sites (N-methyl/N-ethyl adjacent to an activating group) is 1. The average molecular weight is 276 g/mol. The van der Waals surface area contributed by atoms with E-state index < -0.39 is 0 Å². The fraction of sp³-hybridized carbons (Fsp3) is 0.250. The molecule has 0 aliphatic heterocycles. The van der Waals surface area contributed by atoms with Crippen LogP contribution in [0.25, 0.3) is 0 Å². The summed E-state index contributed by atoms with van der Waals surface area (Å²) in [6.07, 6.45) is 0. The lowest BCUT2D eigenvalue weighted by Gasteiger charge is -2.21. The molecule has 20 heavy (non-hydrogen) atoms. The van der Waals surface area contributed by atoms with E-state index in [2.05, 4.69) is 4.90 Å². The van der Waals surface area contributed by atoms with Gasteiger partial charge in [-0.25, -0.2) is 8.78 Å². The van der Waals surface area contributed by atoms with Crippen LogP contribution in [0.5, 0.6) is 0 Å². The third kappa shape index (κ3) is 4.11. The summed E-state index contributed by atoms with van der Waals surface area (Å²) >= 11 is 0. The third-order valence-electron chi connectivity index (χ3n) is 3.17. The first-order chi connectivity index (χ1) is 9.54. The van der Waals surface area contributed by atoms with Crippen LogP contribution in [0.4, 0.5) is 8.78 Å². The van der Waals surface area contributed by atoms with Gasteiger partial charge in [0.05, 0.1) is 0 Å². The molecule has 2 N–H and O–H groups in total. The Labute approximate surface area is 117 Å². The Balaban J connectivity index is 1.92. The molecular formula is C16H18F2N2. The number of hydrogen-bond donors (Lipinski definition) is 1. The number of halogens is 2. The maximum Gasteiger partial charge on any atom is 0.123 e. The Bertz CT molecular complexity index is 537. The Morgan fingerprint density at radius 3 is 2.00 bits per heavy atom. The van der Waals surface area contributed by atoms with Crippen LogP contribution in [0.15, 0.2) is 48.5 Å². The van der Waals surface area contributed by atoms with Crippen molar-refractivity contribution in [2.24, 2.45) is 5.73 Å². The van der Waals surface area contributed by atoms with Gasteiger partial charge in [0.15, 0.2) is 0 Å². The predicted molar refractivity (Wildman–Crippen MR) is 76.1 cm³/mol. The van der Waals surface area contributed by atoms with Crippen molar-refractivity contribution in [2.75, 3.05) is 13.6 Å². The summed E-state index contributed by atoms with van der Waals surface area (Å²) in [5, 5.41) is 0. The second-order valence-electron chi connectivity index (χ2n) is 4.98. The highest BCUT2D eigenvalue weighted by Gasteiger charge is 2.10. The molecule has 0 spiro atoms. The van der Waals surface area contributed by atoms with Gasteiger partial charge >= 0.3 is 0 Å². The molecule has 2 rings (SSSR count). The molecule has 2 aromatic rings. The zero-order valence-electron chi connectivity index (χ0n) is 11.4. The first kappa shape index (κ1) is 14.6. The minimum absolute atomic E-state index is 0.180. The van der Waals surface area contributed by atoms with Crippen LogP contribution in [0.2, 0.25) is 0 Å². The van der Waals surface area contributed by atoms with E-state index >= 15 is 0 Å². The fourth-order valence-electron chi connectivity index (χ4n) is 2.12. The minimum atomic E-state index is -0.263. The van der Waals surface area contributed by atoms with E-state index in [-0.39, 0.29) is 17.7 Å². The van der Waals surface area contributed by atoms with Crippen molar-refractivity contribution >= 4 is 0 Å². The molecular weight excluding hydrogens is 258 g/mol. The van der Waals surface area contributed by atoms with Crippen LogP contribution in [0.3, 0.4) is 0 Å². The van der Waals surface area contributed by atoms with Crippen molar-refractivity contribution in [3.63, 3.8) is 0 Å². The van der Waals surface area contributed by atoms with Crippen LogP contribution >= 0.6 is 0 Å². The molecule has 0 saturated heterocycles. The maximum absolute atomic E-state index is 12.9. The van der Waals surface area contributed by atoms with Gasteiger partial charge in [-0.3, -0.25) is 0 Å². The first-order valence-electron chi connectivity index (χ1n) is 6.48. The molecule has 0 amide bonds. The van der Waals surface area contributed by atoms with Gasteiger partial charge in [-0.05, 0) is 42.4 Å². The highest BCUT2D eigenvalue weighted by atomic mass is 19.1. The molecule has 106 valence electrons. The molecule has 0 fully saturated rings. The van der Waals surface area contributed by atoms with Gasteiger partial charge < -0.3 is 10.6 Å². The van der Waals surface area contributed by atoms with Gasteiger partial charge in [0.25, 0.3) is 0 Å². The molecule has 1 atom stereocenters. The molecule has 0 bridgehead atoms. The maximum atomic E-state index is 12.9. The molecule has 2 nitrogen and oxygen atoms in total. The summed E-state index contributed by atoms with van der Waals surface area (Å²) in [6.45, 7) is 1.33. The van der Waals surface area contributed by atoms with Crippen LogP contribution < -0.4 is 5.73 Å². The zero-order chi connectivity index (χ0) is 14.5. The highest BCUT2D eigenvalue weighted by molar-refractivity contribution is 5.20. The van der Waals surface area contributed by atoms with E-state index in [9.17, 15) is 8.78 Å². The molecule has 0 saturated carbocycles. The topological polar surface area (TPSA) is 29.3 Å². The minimum Gasteiger partial charge on any atom is -0.323 e. The van der Waals surface area contributed by atoms with E-state index in [1.54, 1.807) is 24.3 Å². The number of hydrogen-bond acceptors (Lipinski definition) is 2. The summed E-state index contributed by atoms with van der Waals surface area (Å²) in [5.74, 6) is -0.500. The number of benzene rings is 2. The van der Waals surface area contributed by atoms with Gasteiger partial charge in [-0.15, -0.1) is 0 Å². The quantitative estimate of drug-likeness (QED) is 0.909. The van der Waals surface area contributed by atoms with Gasteiger partial charge in [-0.2, -0.15) is 0 Å². The Morgan fingerprint density at radius 2 is 1.45 bits per heavy atom. The Hall–Kier alpha value is -1.78. The van der Waals surface area contributed by atoms with E-state index in [0.717, 1.165) is 11.1 Å². The van der Waals surface area contributed by atoms with Gasteiger partial charge in [-0.1, -0.05) is 24.3 Å². The highest BCUT2D eigenvalue weighted by Crippen LogP contribution is 2.13. The zero-order valence-corrected chi connectivity index (χ0v) is 11.4. The van der Waals surface area contributed by atoms with Gasteiger partial charge in [0.2, 0.25) is 0 Å². The normalized spacial score (nSPS) is 12.7. The Morgan fingerprint density at radius 1 is 0.950 bits per heavy atom. The van der Waals surface area contributed by atoms with Crippen LogP contribution in [0.1, 0.15) is 17.2 Å². The van der Waals surface area contributed by atoms with E-state index in [1.165, 1.54) is 24.3 Å². The molecule has 2 aromatic carbocycles. The second-order valence-corrected chi connectivity index (χ2v) is 4.98. The average Bonchev–Trinajstić information content (AvgIpc) is 2.42. The summed E-state index contributed by atoms with van der Waals surface area (Å²) in [6, 6.07) is 12.5. The van der Waals surface area contributed by atoms with Crippen LogP contribution in [0, 0.1) is 11.6 Å². The number of nitrogens with two attached hydrogens (primary N) is 1. The summed E-state index contributed by atoms with van der Waals surface area (Å²) < 4.78 is 25.7. The summed E-state index contributed by atoms with van der Waals surface area (Å²) in [5.41, 5.74) is 8.03. The standard InChI is InChI=1S/C16H18F2N2/c1-20(10-12-2-6-14(17)7-3-12)11-16(19)13-4-8-15(18)9-5-13/h2-9,16H,10-11,19H2,1H3. The van der Waals surface area contributed by atoms with Crippen LogP contribution in [-0.2, 0) is 6.54 Å². The molecule has 4 heteroatoms. The summed E-state index contributed by atoms with van der Waals surface area (Å²) in [4.78, 5) is 2.06. The molecule has 0 radical (unpaired) electrons. The lowest BCUT2D eigenvalue weighted by molar-refractivity contribution is 0.305. The Kier molecular flexibility index (Phi) is 4.82. The van der Waals surface area contributed by atoms with Crippen molar-refractivity contribution in [3.8, 4) is 0 Å². The van der Waals surface area contributed by atoms with Crippen molar-refractivity contribution in [2.45, 2.75) is 12.6 Å². The fourth-order valence-corrected chi connectivity index (χ4v) is 2.12. The van der Waals surface area contributed by atoms with E-state index in [4.69, 9.17) is 5.73 Å². The van der Waals surface area contributed by atoms with Crippen molar-refractivity contribution < 1.29 is 8.78 Å². The smallest absolute Gasteiger partial charge is 0.123 e. The van der Waals surface area contributed by atoms with Crippen molar-refractivity contribution in [3.05, 3.63) is 71.3 Å². The predicted octanol–water partition coefficient (Wildman–Crippen LogP) is 3.10. The molecule has 0 aliphatic carbocycles. The second kappa shape index (κ2) is 6.59. The third-order valence-corrected chi connectivity index (χ3v) is 3.17. The van der Waals surface area contributed by atoms with Crippen molar-refractivity contribution in [1.82, 2.24) is 4.90 Å². The van der Waals surface area contributed by atoms with E-state index in [0.29, 0.717) is 13.1 Å². The van der Waals surface area contributed by atoms with Gasteiger partial charge in [0.1, 0.15) is 11.6 Å². The van der Waals surface area contributed by atoms with E-state index in [1.807, 2.05) is 7.05 Å². The number of nitrogens with zero attached hydrogens (tertiary/aromatic N) is 1. The largest absolute Gasteiger partial charge is 0.323 e. The number of rotatable bonds is 5. The van der Waals surface area contributed by atoms with Gasteiger partial charge in [0, 0.05) is 19.1 Å². The molecule has 0 heterocycles. The molecule has 0 aliphatic rings. The van der Waals surface area contributed by atoms with Crippen molar-refractivity contribution in [1.29, 1.82) is 0 Å². The lowest BCUT2D eigenvalue weighted by atomic mass is 10.1. The SMILES string of the molecule is CN(Cc1ccc(F)cc1)CC(N)c1ccc(F)cc1. The molecule has 1 unspecified atom stereocenters. The summed E-state index contributed by atoms with van der Waals surface area (Å²) in [7, 11) is 1.95. The molecule has 0 aromatic heterocycles. The van der Waals surface area contributed by atoms with Crippen LogP contribution in [-0.4, -0.2) is 18.5 Å².